The summed E-state index contributed by atoms with van der Waals surface area (Å²) in [5.41, 5.74) is 14.2. The number of pyridine rings is 1. The molecule has 0 atom stereocenters. The van der Waals surface area contributed by atoms with Gasteiger partial charge >= 0.3 is 5.97 Å². The van der Waals surface area contributed by atoms with Crippen LogP contribution in [0.25, 0.3) is 10.9 Å². The molecule has 2 aromatic heterocycles. The van der Waals surface area contributed by atoms with E-state index < -0.39 is 5.97 Å². The van der Waals surface area contributed by atoms with E-state index in [-0.39, 0.29) is 11.5 Å². The highest BCUT2D eigenvalue weighted by Crippen LogP contribution is 2.19. The summed E-state index contributed by atoms with van der Waals surface area (Å²) in [7, 11) is 0. The number of aromatic nitrogens is 3. The number of carboxylic acids is 1. The molecule has 0 radical (unpaired) electrons. The van der Waals surface area contributed by atoms with Crippen molar-refractivity contribution in [3.8, 4) is 0 Å². The van der Waals surface area contributed by atoms with Crippen molar-refractivity contribution in [2.75, 3.05) is 11.5 Å². The molecule has 0 saturated heterocycles. The minimum atomic E-state index is -0.928. The van der Waals surface area contributed by atoms with Crippen LogP contribution >= 0.6 is 0 Å². The largest absolute Gasteiger partial charge is 0.478 e. The Kier molecular flexibility index (Phi) is 3.76. The van der Waals surface area contributed by atoms with Gasteiger partial charge < -0.3 is 16.6 Å². The molecule has 0 fully saturated rings. The summed E-state index contributed by atoms with van der Waals surface area (Å²) in [6, 6.07) is 8.67. The second-order valence-corrected chi connectivity index (χ2v) is 5.16. The van der Waals surface area contributed by atoms with E-state index in [2.05, 4.69) is 15.0 Å². The van der Waals surface area contributed by atoms with Crippen molar-refractivity contribution in [2.24, 2.45) is 0 Å². The molecule has 0 amide bonds. The lowest BCUT2D eigenvalue weighted by Gasteiger charge is -2.06. The van der Waals surface area contributed by atoms with Crippen molar-refractivity contribution in [1.82, 2.24) is 15.0 Å². The molecule has 7 heteroatoms. The van der Waals surface area contributed by atoms with Gasteiger partial charge in [0, 0.05) is 11.1 Å². The van der Waals surface area contributed by atoms with Gasteiger partial charge in [-0.1, -0.05) is 12.1 Å². The number of carbonyl (C=O) groups is 1. The van der Waals surface area contributed by atoms with Crippen molar-refractivity contribution in [2.45, 2.75) is 12.8 Å². The Labute approximate surface area is 132 Å². The number of fused-ring (bicyclic) bond motifs is 1. The Balaban J connectivity index is 1.78. The molecule has 0 saturated carbocycles. The maximum Gasteiger partial charge on any atom is 0.335 e. The number of nitrogens with zero attached hydrogens (tertiary/aromatic N) is 3. The summed E-state index contributed by atoms with van der Waals surface area (Å²) in [6.07, 6.45) is 3.08. The van der Waals surface area contributed by atoms with E-state index in [4.69, 9.17) is 16.6 Å². The van der Waals surface area contributed by atoms with Crippen molar-refractivity contribution >= 4 is 28.6 Å². The molecular formula is C16H15N5O2. The van der Waals surface area contributed by atoms with E-state index >= 15 is 0 Å². The van der Waals surface area contributed by atoms with Crippen LogP contribution in [0.3, 0.4) is 0 Å². The van der Waals surface area contributed by atoms with Crippen LogP contribution in [0.1, 0.15) is 21.6 Å². The molecule has 2 heterocycles. The minimum Gasteiger partial charge on any atom is -0.478 e. The zero-order chi connectivity index (χ0) is 16.4. The molecule has 0 spiro atoms. The number of nitrogens with two attached hydrogens (primary N) is 2. The standard InChI is InChI=1S/C16H15N5O2/c17-14-12-7-11(19-8-13(12)20-16(18)21-14)6-3-9-1-4-10(5-2-9)15(22)23/h1-2,4-5,7-8H,3,6H2,(H,22,23)(H4,17,18,20,21). The van der Waals surface area contributed by atoms with Crippen LogP contribution in [0.4, 0.5) is 11.8 Å². The van der Waals surface area contributed by atoms with Crippen molar-refractivity contribution in [3.63, 3.8) is 0 Å². The van der Waals surface area contributed by atoms with Crippen LogP contribution < -0.4 is 11.5 Å². The van der Waals surface area contributed by atoms with E-state index in [1.807, 2.05) is 18.2 Å². The van der Waals surface area contributed by atoms with Gasteiger partial charge in [-0.3, -0.25) is 4.98 Å². The maximum absolute atomic E-state index is 10.8. The highest BCUT2D eigenvalue weighted by atomic mass is 16.4. The van der Waals surface area contributed by atoms with Gasteiger partial charge in [0.15, 0.2) is 0 Å². The molecule has 0 aliphatic heterocycles. The van der Waals surface area contributed by atoms with Crippen LogP contribution in [-0.2, 0) is 12.8 Å². The van der Waals surface area contributed by atoms with Gasteiger partial charge in [0.2, 0.25) is 5.95 Å². The predicted molar refractivity (Wildman–Crippen MR) is 87.0 cm³/mol. The molecular weight excluding hydrogens is 294 g/mol. The topological polar surface area (TPSA) is 128 Å². The number of carboxylic acid groups (broad SMARTS) is 1. The summed E-state index contributed by atoms with van der Waals surface area (Å²) in [4.78, 5) is 23.2. The van der Waals surface area contributed by atoms with E-state index in [0.717, 1.165) is 23.1 Å². The fraction of sp³-hybridized carbons (Fsp3) is 0.125. The number of aryl methyl sites for hydroxylation is 2. The Morgan fingerprint density at radius 3 is 2.52 bits per heavy atom. The monoisotopic (exact) mass is 309 g/mol. The van der Waals surface area contributed by atoms with Gasteiger partial charge in [-0.25, -0.2) is 9.78 Å². The second-order valence-electron chi connectivity index (χ2n) is 5.16. The average molecular weight is 309 g/mol. The van der Waals surface area contributed by atoms with Crippen molar-refractivity contribution < 1.29 is 9.90 Å². The molecule has 5 N–H and O–H groups in total. The zero-order valence-electron chi connectivity index (χ0n) is 12.2. The Morgan fingerprint density at radius 2 is 1.83 bits per heavy atom. The SMILES string of the molecule is Nc1nc(N)c2cc(CCc3ccc(C(=O)O)cc3)ncc2n1. The number of hydrogen-bond acceptors (Lipinski definition) is 6. The Morgan fingerprint density at radius 1 is 1.09 bits per heavy atom. The fourth-order valence-electron chi connectivity index (χ4n) is 2.34. The van der Waals surface area contributed by atoms with E-state index in [1.54, 1.807) is 18.3 Å². The molecule has 116 valence electrons. The molecule has 0 bridgehead atoms. The Hall–Kier alpha value is -3.22. The average Bonchev–Trinajstić information content (AvgIpc) is 2.53. The Bertz CT molecular complexity index is 878. The lowest BCUT2D eigenvalue weighted by Crippen LogP contribution is -2.02. The molecule has 0 aliphatic carbocycles. The number of nitrogen functional groups attached to an aromatic ring is 2. The highest BCUT2D eigenvalue weighted by molar-refractivity contribution is 5.88. The summed E-state index contributed by atoms with van der Waals surface area (Å²) in [5, 5.41) is 9.61. The lowest BCUT2D eigenvalue weighted by molar-refractivity contribution is 0.0697. The predicted octanol–water partition coefficient (Wildman–Crippen LogP) is 1.67. The van der Waals surface area contributed by atoms with Crippen LogP contribution in [0, 0.1) is 0 Å². The first-order valence-corrected chi connectivity index (χ1v) is 7.03. The number of rotatable bonds is 4. The van der Waals surface area contributed by atoms with E-state index in [9.17, 15) is 4.79 Å². The number of benzene rings is 1. The summed E-state index contributed by atoms with van der Waals surface area (Å²) < 4.78 is 0. The first-order valence-electron chi connectivity index (χ1n) is 7.03. The number of anilines is 2. The molecule has 0 unspecified atom stereocenters. The third-order valence-corrected chi connectivity index (χ3v) is 3.56. The smallest absolute Gasteiger partial charge is 0.335 e. The quantitative estimate of drug-likeness (QED) is 0.668. The first kappa shape index (κ1) is 14.7. The van der Waals surface area contributed by atoms with Crippen LogP contribution in [0.2, 0.25) is 0 Å². The third-order valence-electron chi connectivity index (χ3n) is 3.56. The normalized spacial score (nSPS) is 10.8. The van der Waals surface area contributed by atoms with Gasteiger partial charge in [-0.2, -0.15) is 4.98 Å². The number of hydrogen-bond donors (Lipinski definition) is 3. The fourth-order valence-corrected chi connectivity index (χ4v) is 2.34. The lowest BCUT2D eigenvalue weighted by atomic mass is 10.1. The highest BCUT2D eigenvalue weighted by Gasteiger charge is 2.06. The van der Waals surface area contributed by atoms with Gasteiger partial charge in [0.25, 0.3) is 0 Å². The first-order chi connectivity index (χ1) is 11.0. The van der Waals surface area contributed by atoms with Crippen LogP contribution in [0.5, 0.6) is 0 Å². The third kappa shape index (κ3) is 3.18. The summed E-state index contributed by atoms with van der Waals surface area (Å²) in [5.74, 6) is -0.465. The molecule has 3 rings (SSSR count). The van der Waals surface area contributed by atoms with Crippen LogP contribution in [0.15, 0.2) is 36.5 Å². The zero-order valence-corrected chi connectivity index (χ0v) is 12.2. The number of aromatic carboxylic acids is 1. The molecule has 23 heavy (non-hydrogen) atoms. The van der Waals surface area contributed by atoms with Gasteiger partial charge in [-0.05, 0) is 36.6 Å². The van der Waals surface area contributed by atoms with Crippen molar-refractivity contribution in [3.05, 3.63) is 53.3 Å². The van der Waals surface area contributed by atoms with E-state index in [0.29, 0.717) is 17.8 Å². The van der Waals surface area contributed by atoms with Crippen LogP contribution in [-0.4, -0.2) is 26.0 Å². The maximum atomic E-state index is 10.8. The molecule has 3 aromatic rings. The summed E-state index contributed by atoms with van der Waals surface area (Å²) in [6.45, 7) is 0. The molecule has 1 aromatic carbocycles. The van der Waals surface area contributed by atoms with Gasteiger partial charge in [-0.15, -0.1) is 0 Å². The molecule has 0 aliphatic rings. The van der Waals surface area contributed by atoms with E-state index in [1.165, 1.54) is 0 Å². The van der Waals surface area contributed by atoms with Gasteiger partial charge in [0.1, 0.15) is 5.82 Å². The van der Waals surface area contributed by atoms with Crippen molar-refractivity contribution in [1.29, 1.82) is 0 Å². The minimum absolute atomic E-state index is 0.128. The van der Waals surface area contributed by atoms with Gasteiger partial charge in [0.05, 0.1) is 17.3 Å². The molecule has 7 nitrogen and oxygen atoms in total. The second kappa shape index (κ2) is 5.88. The summed E-state index contributed by atoms with van der Waals surface area (Å²) >= 11 is 0.